The van der Waals surface area contributed by atoms with Gasteiger partial charge in [0, 0.05) is 13.1 Å². The lowest BCUT2D eigenvalue weighted by atomic mass is 9.80. The predicted molar refractivity (Wildman–Crippen MR) is 54.0 cm³/mol. The fourth-order valence-corrected chi connectivity index (χ4v) is 1.77. The normalized spacial score (nSPS) is 20.9. The molecule has 0 saturated carbocycles. The van der Waals surface area contributed by atoms with Crippen LogP contribution in [0, 0.1) is 5.41 Å². The van der Waals surface area contributed by atoms with Gasteiger partial charge in [-0.05, 0) is 24.8 Å². The number of carbonyl (C=O) groups excluding carboxylic acids is 1. The van der Waals surface area contributed by atoms with Crippen LogP contribution in [0.25, 0.3) is 0 Å². The van der Waals surface area contributed by atoms with Gasteiger partial charge in [0.25, 0.3) is 0 Å². The highest BCUT2D eigenvalue weighted by atomic mass is 19.4. The van der Waals surface area contributed by atoms with Crippen LogP contribution >= 0.6 is 0 Å². The van der Waals surface area contributed by atoms with Crippen LogP contribution in [0.2, 0.25) is 0 Å². The summed E-state index contributed by atoms with van der Waals surface area (Å²) < 4.78 is 61.8. The molecule has 1 aliphatic heterocycles. The molecule has 18 heavy (non-hydrogen) atoms. The zero-order chi connectivity index (χ0) is 14.2. The summed E-state index contributed by atoms with van der Waals surface area (Å²) in [5, 5.41) is 0. The largest absolute Gasteiger partial charge is 0.463 e. The summed E-state index contributed by atoms with van der Waals surface area (Å²) in [7, 11) is 0. The number of rotatable bonds is 2. The summed E-state index contributed by atoms with van der Waals surface area (Å²) >= 11 is 0. The molecule has 2 N–H and O–H groups in total. The molecule has 1 rings (SSSR count). The zero-order valence-electron chi connectivity index (χ0n) is 9.86. The van der Waals surface area contributed by atoms with Crippen LogP contribution in [-0.2, 0) is 4.79 Å². The Kier molecular flexibility index (Phi) is 3.90. The van der Waals surface area contributed by atoms with Gasteiger partial charge in [-0.25, -0.2) is 0 Å². The van der Waals surface area contributed by atoms with Gasteiger partial charge >= 0.3 is 18.0 Å². The van der Waals surface area contributed by atoms with Gasteiger partial charge in [0.15, 0.2) is 0 Å². The number of nitrogens with zero attached hydrogens (tertiary/aromatic N) is 1. The second-order valence-corrected chi connectivity index (χ2v) is 4.88. The maximum Gasteiger partial charge on any atom is 0.463 e. The first-order chi connectivity index (χ1) is 8.03. The number of hydrogen-bond donors (Lipinski definition) is 1. The number of amides is 1. The van der Waals surface area contributed by atoms with Gasteiger partial charge in [-0.3, -0.25) is 4.79 Å². The molecular formula is C10H15F5N2O. The van der Waals surface area contributed by atoms with Crippen molar-refractivity contribution < 1.29 is 26.7 Å². The molecule has 3 nitrogen and oxygen atoms in total. The molecule has 0 bridgehead atoms. The van der Waals surface area contributed by atoms with Crippen molar-refractivity contribution in [1.29, 1.82) is 0 Å². The molecule has 1 aliphatic rings. The van der Waals surface area contributed by atoms with Gasteiger partial charge in [-0.1, -0.05) is 6.92 Å². The minimum absolute atomic E-state index is 0.127. The summed E-state index contributed by atoms with van der Waals surface area (Å²) in [6.07, 6.45) is -5.20. The van der Waals surface area contributed by atoms with Crippen LogP contribution < -0.4 is 5.73 Å². The lowest BCUT2D eigenvalue weighted by molar-refractivity contribution is -0.275. The highest BCUT2D eigenvalue weighted by Gasteiger charge is 2.64. The van der Waals surface area contributed by atoms with Crippen molar-refractivity contribution in [3.63, 3.8) is 0 Å². The SMILES string of the molecule is CC1(CN)CCN(C(=O)C(F)(F)C(F)(F)F)CC1. The first-order valence-corrected chi connectivity index (χ1v) is 5.47. The standard InChI is InChI=1S/C10H15F5N2O/c1-8(6-16)2-4-17(5-3-8)7(18)9(11,12)10(13,14)15/h2-6,16H2,1H3. The van der Waals surface area contributed by atoms with Crippen LogP contribution in [0.15, 0.2) is 0 Å². The smallest absolute Gasteiger partial charge is 0.337 e. The Morgan fingerprint density at radius 2 is 1.67 bits per heavy atom. The molecule has 0 unspecified atom stereocenters. The Morgan fingerprint density at radius 1 is 1.22 bits per heavy atom. The lowest BCUT2D eigenvalue weighted by Gasteiger charge is -2.39. The van der Waals surface area contributed by atoms with Crippen molar-refractivity contribution in [3.8, 4) is 0 Å². The first kappa shape index (κ1) is 15.1. The van der Waals surface area contributed by atoms with E-state index in [1.165, 1.54) is 0 Å². The third-order valence-electron chi connectivity index (χ3n) is 3.38. The Hall–Kier alpha value is -0.920. The second kappa shape index (κ2) is 4.64. The molecule has 1 fully saturated rings. The molecule has 0 aromatic heterocycles. The molecule has 106 valence electrons. The van der Waals surface area contributed by atoms with Crippen molar-refractivity contribution in [2.75, 3.05) is 19.6 Å². The molecule has 1 heterocycles. The van der Waals surface area contributed by atoms with Crippen LogP contribution in [0.3, 0.4) is 0 Å². The minimum atomic E-state index is -5.85. The summed E-state index contributed by atoms with van der Waals surface area (Å²) in [6.45, 7) is 1.87. The van der Waals surface area contributed by atoms with Crippen LogP contribution in [-0.4, -0.2) is 42.5 Å². The van der Waals surface area contributed by atoms with E-state index in [-0.39, 0.29) is 18.5 Å². The number of piperidine rings is 1. The van der Waals surface area contributed by atoms with Gasteiger partial charge in [0.05, 0.1) is 0 Å². The van der Waals surface area contributed by atoms with E-state index in [0.29, 0.717) is 24.3 Å². The minimum Gasteiger partial charge on any atom is -0.337 e. The van der Waals surface area contributed by atoms with E-state index in [9.17, 15) is 26.7 Å². The Morgan fingerprint density at radius 3 is 2.00 bits per heavy atom. The second-order valence-electron chi connectivity index (χ2n) is 4.88. The molecule has 0 atom stereocenters. The number of likely N-dealkylation sites (tertiary alicyclic amines) is 1. The molecule has 0 aliphatic carbocycles. The van der Waals surface area contributed by atoms with Crippen molar-refractivity contribution >= 4 is 5.91 Å². The molecule has 1 saturated heterocycles. The van der Waals surface area contributed by atoms with Crippen LogP contribution in [0.1, 0.15) is 19.8 Å². The quantitative estimate of drug-likeness (QED) is 0.780. The van der Waals surface area contributed by atoms with Crippen LogP contribution in [0.5, 0.6) is 0 Å². The maximum atomic E-state index is 12.8. The Bertz CT molecular complexity index is 321. The molecular weight excluding hydrogens is 259 g/mol. The van der Waals surface area contributed by atoms with Crippen molar-refractivity contribution in [1.82, 2.24) is 4.90 Å². The van der Waals surface area contributed by atoms with Gasteiger partial charge < -0.3 is 10.6 Å². The molecule has 0 radical (unpaired) electrons. The van der Waals surface area contributed by atoms with Crippen LogP contribution in [0.4, 0.5) is 22.0 Å². The molecule has 0 spiro atoms. The number of alkyl halides is 5. The summed E-state index contributed by atoms with van der Waals surface area (Å²) in [5.74, 6) is -7.49. The van der Waals surface area contributed by atoms with E-state index >= 15 is 0 Å². The number of hydrogen-bond acceptors (Lipinski definition) is 2. The lowest BCUT2D eigenvalue weighted by Crippen LogP contribution is -2.55. The third-order valence-corrected chi connectivity index (χ3v) is 3.38. The van der Waals surface area contributed by atoms with E-state index in [4.69, 9.17) is 5.73 Å². The van der Waals surface area contributed by atoms with E-state index < -0.39 is 18.0 Å². The fraction of sp³-hybridized carbons (Fsp3) is 0.900. The predicted octanol–water partition coefficient (Wildman–Crippen LogP) is 1.77. The van der Waals surface area contributed by atoms with Gasteiger partial charge in [0.1, 0.15) is 0 Å². The molecule has 1 amide bonds. The summed E-state index contributed by atoms with van der Waals surface area (Å²) in [4.78, 5) is 11.8. The monoisotopic (exact) mass is 274 g/mol. The van der Waals surface area contributed by atoms with E-state index in [1.54, 1.807) is 0 Å². The van der Waals surface area contributed by atoms with Gasteiger partial charge in [-0.15, -0.1) is 0 Å². The topological polar surface area (TPSA) is 46.3 Å². The van der Waals surface area contributed by atoms with E-state index in [0.717, 1.165) is 0 Å². The highest BCUT2D eigenvalue weighted by Crippen LogP contribution is 2.38. The number of carbonyl (C=O) groups is 1. The average Bonchev–Trinajstić information content (AvgIpc) is 2.27. The van der Waals surface area contributed by atoms with E-state index in [1.807, 2.05) is 6.92 Å². The molecule has 0 aromatic carbocycles. The Labute approximate surface area is 101 Å². The number of halogens is 5. The van der Waals surface area contributed by atoms with Crippen molar-refractivity contribution in [2.45, 2.75) is 31.9 Å². The average molecular weight is 274 g/mol. The Balaban J connectivity index is 2.72. The highest BCUT2D eigenvalue weighted by molar-refractivity contribution is 5.84. The number of nitrogens with two attached hydrogens (primary N) is 1. The third kappa shape index (κ3) is 2.73. The maximum absolute atomic E-state index is 12.8. The van der Waals surface area contributed by atoms with E-state index in [2.05, 4.69) is 0 Å². The van der Waals surface area contributed by atoms with Crippen molar-refractivity contribution in [3.05, 3.63) is 0 Å². The molecule has 0 aromatic rings. The first-order valence-electron chi connectivity index (χ1n) is 5.47. The fourth-order valence-electron chi connectivity index (χ4n) is 1.77. The summed E-state index contributed by atoms with van der Waals surface area (Å²) in [6, 6.07) is 0. The molecule has 8 heteroatoms. The van der Waals surface area contributed by atoms with Gasteiger partial charge in [-0.2, -0.15) is 22.0 Å². The zero-order valence-corrected chi connectivity index (χ0v) is 9.86. The summed E-state index contributed by atoms with van der Waals surface area (Å²) in [5.41, 5.74) is 5.18. The van der Waals surface area contributed by atoms with Crippen molar-refractivity contribution in [2.24, 2.45) is 11.1 Å². The van der Waals surface area contributed by atoms with Gasteiger partial charge in [0.2, 0.25) is 0 Å².